The van der Waals surface area contributed by atoms with Crippen LogP contribution in [0.5, 0.6) is 0 Å². The Morgan fingerprint density at radius 2 is 2.25 bits per heavy atom. The smallest absolute Gasteiger partial charge is 0.303 e. The van der Waals surface area contributed by atoms with E-state index in [4.69, 9.17) is 9.52 Å². The van der Waals surface area contributed by atoms with Gasteiger partial charge in [-0.1, -0.05) is 20.3 Å². The van der Waals surface area contributed by atoms with Crippen LogP contribution in [0, 0.1) is 5.92 Å². The second-order valence-electron chi connectivity index (χ2n) is 4.68. The highest BCUT2D eigenvalue weighted by Crippen LogP contribution is 2.21. The second-order valence-corrected chi connectivity index (χ2v) is 4.68. The Balaban J connectivity index is 2.17. The molecule has 2 rings (SSSR count). The number of aromatic nitrogens is 4. The van der Waals surface area contributed by atoms with E-state index < -0.39 is 5.97 Å². The van der Waals surface area contributed by atoms with E-state index in [-0.39, 0.29) is 12.3 Å². The van der Waals surface area contributed by atoms with Crippen LogP contribution in [0.4, 0.5) is 0 Å². The quantitative estimate of drug-likeness (QED) is 0.832. The van der Waals surface area contributed by atoms with E-state index in [0.29, 0.717) is 18.1 Å². The minimum Gasteiger partial charge on any atom is -0.481 e. The third kappa shape index (κ3) is 3.23. The second kappa shape index (κ2) is 6.31. The van der Waals surface area contributed by atoms with Crippen LogP contribution in [-0.2, 0) is 17.8 Å². The van der Waals surface area contributed by atoms with Gasteiger partial charge in [0.05, 0.1) is 0 Å². The first kappa shape index (κ1) is 14.2. The fourth-order valence-corrected chi connectivity index (χ4v) is 2.02. The highest BCUT2D eigenvalue weighted by molar-refractivity contribution is 5.67. The van der Waals surface area contributed by atoms with Crippen molar-refractivity contribution in [1.29, 1.82) is 0 Å². The van der Waals surface area contributed by atoms with Crippen molar-refractivity contribution < 1.29 is 14.3 Å². The molecule has 0 fully saturated rings. The number of hydrogen-bond donors (Lipinski definition) is 1. The van der Waals surface area contributed by atoms with Crippen LogP contribution in [0.3, 0.4) is 0 Å². The molecule has 1 atom stereocenters. The maximum atomic E-state index is 10.8. The van der Waals surface area contributed by atoms with Crippen molar-refractivity contribution in [1.82, 2.24) is 20.2 Å². The monoisotopic (exact) mass is 278 g/mol. The van der Waals surface area contributed by atoms with Gasteiger partial charge in [0, 0.05) is 19.4 Å². The van der Waals surface area contributed by atoms with Gasteiger partial charge in [0.15, 0.2) is 5.76 Å². The molecule has 0 amide bonds. The maximum absolute atomic E-state index is 10.8. The Morgan fingerprint density at radius 3 is 2.85 bits per heavy atom. The lowest BCUT2D eigenvalue weighted by Gasteiger charge is -2.12. The van der Waals surface area contributed by atoms with Gasteiger partial charge in [0.25, 0.3) is 0 Å². The lowest BCUT2D eigenvalue weighted by Crippen LogP contribution is -2.16. The number of hydrogen-bond acceptors (Lipinski definition) is 5. The van der Waals surface area contributed by atoms with Crippen LogP contribution in [0.2, 0.25) is 0 Å². The molecule has 0 radical (unpaired) electrons. The lowest BCUT2D eigenvalue weighted by atomic mass is 10.0. The zero-order chi connectivity index (χ0) is 14.5. The Hall–Kier alpha value is -2.18. The first-order valence-corrected chi connectivity index (χ1v) is 6.71. The van der Waals surface area contributed by atoms with Gasteiger partial charge in [0.1, 0.15) is 5.76 Å². The number of carboxylic acid groups (broad SMARTS) is 1. The molecule has 0 bridgehead atoms. The molecule has 0 saturated carbocycles. The Bertz CT molecular complexity index is 576. The van der Waals surface area contributed by atoms with E-state index in [0.717, 1.165) is 18.6 Å². The van der Waals surface area contributed by atoms with Crippen molar-refractivity contribution in [2.45, 2.75) is 39.7 Å². The molecule has 0 aliphatic rings. The summed E-state index contributed by atoms with van der Waals surface area (Å²) in [5, 5.41) is 20.4. The molecule has 0 saturated heterocycles. The summed E-state index contributed by atoms with van der Waals surface area (Å²) in [4.78, 5) is 10.8. The molecule has 1 unspecified atom stereocenters. The largest absolute Gasteiger partial charge is 0.481 e. The van der Waals surface area contributed by atoms with Crippen molar-refractivity contribution in [2.24, 2.45) is 5.92 Å². The molecule has 0 aliphatic carbocycles. The fraction of sp³-hybridized carbons (Fsp3) is 0.538. The number of tetrazole rings is 1. The van der Waals surface area contributed by atoms with Crippen LogP contribution in [-0.4, -0.2) is 31.3 Å². The van der Waals surface area contributed by atoms with Crippen molar-refractivity contribution in [3.05, 3.63) is 17.9 Å². The summed E-state index contributed by atoms with van der Waals surface area (Å²) in [5.41, 5.74) is 0. The summed E-state index contributed by atoms with van der Waals surface area (Å²) >= 11 is 0. The zero-order valence-electron chi connectivity index (χ0n) is 11.6. The normalized spacial score (nSPS) is 12.5. The molecule has 2 heterocycles. The molecule has 0 aliphatic heterocycles. The van der Waals surface area contributed by atoms with Crippen molar-refractivity contribution in [3.8, 4) is 11.6 Å². The van der Waals surface area contributed by atoms with Gasteiger partial charge in [-0.05, 0) is 28.5 Å². The minimum absolute atomic E-state index is 0.00430. The van der Waals surface area contributed by atoms with Crippen molar-refractivity contribution >= 4 is 5.97 Å². The summed E-state index contributed by atoms with van der Waals surface area (Å²) < 4.78 is 7.24. The van der Waals surface area contributed by atoms with Gasteiger partial charge >= 0.3 is 5.97 Å². The van der Waals surface area contributed by atoms with Gasteiger partial charge < -0.3 is 9.52 Å². The Labute approximate surface area is 116 Å². The highest BCUT2D eigenvalue weighted by Gasteiger charge is 2.18. The number of carboxylic acids is 1. The predicted octanol–water partition coefficient (Wildman–Crippen LogP) is 2.00. The average molecular weight is 278 g/mol. The van der Waals surface area contributed by atoms with Gasteiger partial charge in [-0.3, -0.25) is 4.79 Å². The number of nitrogens with zero attached hydrogens (tertiary/aromatic N) is 4. The highest BCUT2D eigenvalue weighted by atomic mass is 16.4. The Kier molecular flexibility index (Phi) is 4.49. The van der Waals surface area contributed by atoms with Crippen molar-refractivity contribution in [3.63, 3.8) is 0 Å². The molecule has 2 aromatic rings. The Morgan fingerprint density at radius 1 is 1.45 bits per heavy atom. The van der Waals surface area contributed by atoms with E-state index in [1.165, 1.54) is 0 Å². The zero-order valence-corrected chi connectivity index (χ0v) is 11.6. The van der Waals surface area contributed by atoms with Gasteiger partial charge in [-0.25, -0.2) is 4.68 Å². The number of aryl methyl sites for hydroxylation is 1. The average Bonchev–Trinajstić information content (AvgIpc) is 3.05. The van der Waals surface area contributed by atoms with Crippen molar-refractivity contribution in [2.75, 3.05) is 0 Å². The van der Waals surface area contributed by atoms with E-state index in [1.807, 2.05) is 26.0 Å². The van der Waals surface area contributed by atoms with Crippen LogP contribution >= 0.6 is 0 Å². The molecule has 1 N–H and O–H groups in total. The molecule has 108 valence electrons. The molecule has 0 aromatic carbocycles. The number of furan rings is 1. The first-order chi connectivity index (χ1) is 9.63. The van der Waals surface area contributed by atoms with E-state index in [1.54, 1.807) is 4.68 Å². The van der Waals surface area contributed by atoms with E-state index >= 15 is 0 Å². The summed E-state index contributed by atoms with van der Waals surface area (Å²) in [6.07, 6.45) is 1.66. The summed E-state index contributed by atoms with van der Waals surface area (Å²) in [6.45, 7) is 4.43. The minimum atomic E-state index is -0.808. The molecule has 7 heteroatoms. The molecule has 20 heavy (non-hydrogen) atoms. The van der Waals surface area contributed by atoms with Crippen LogP contribution in [0.15, 0.2) is 16.5 Å². The topological polar surface area (TPSA) is 94.0 Å². The standard InChI is InChI=1S/C13H18N4O3/c1-3-9(7-12(18)19)8-17-13(14-15-16-17)11-6-5-10(4-2)20-11/h5-6,9H,3-4,7-8H2,1-2H3,(H,18,19). The first-order valence-electron chi connectivity index (χ1n) is 6.71. The number of rotatable bonds is 7. The summed E-state index contributed by atoms with van der Waals surface area (Å²) in [7, 11) is 0. The number of carbonyl (C=O) groups is 1. The van der Waals surface area contributed by atoms with Crippen LogP contribution < -0.4 is 0 Å². The predicted molar refractivity (Wildman–Crippen MR) is 70.9 cm³/mol. The van der Waals surface area contributed by atoms with Gasteiger partial charge in [-0.15, -0.1) is 5.10 Å². The third-order valence-electron chi connectivity index (χ3n) is 3.23. The van der Waals surface area contributed by atoms with E-state index in [9.17, 15) is 4.79 Å². The van der Waals surface area contributed by atoms with Gasteiger partial charge in [-0.2, -0.15) is 0 Å². The summed E-state index contributed by atoms with van der Waals surface area (Å²) in [5.74, 6) is 1.20. The molecule has 2 aromatic heterocycles. The molecule has 7 nitrogen and oxygen atoms in total. The van der Waals surface area contributed by atoms with Gasteiger partial charge in [0.2, 0.25) is 5.82 Å². The summed E-state index contributed by atoms with van der Waals surface area (Å²) in [6, 6.07) is 3.72. The molecular weight excluding hydrogens is 260 g/mol. The van der Waals surface area contributed by atoms with Crippen LogP contribution in [0.25, 0.3) is 11.6 Å². The fourth-order valence-electron chi connectivity index (χ4n) is 2.02. The third-order valence-corrected chi connectivity index (χ3v) is 3.23. The van der Waals surface area contributed by atoms with Crippen LogP contribution in [0.1, 0.15) is 32.4 Å². The molecular formula is C13H18N4O3. The molecule has 0 spiro atoms. The maximum Gasteiger partial charge on any atom is 0.303 e. The van der Waals surface area contributed by atoms with E-state index in [2.05, 4.69) is 15.5 Å². The number of aliphatic carboxylic acids is 1. The lowest BCUT2D eigenvalue weighted by molar-refractivity contribution is -0.138. The SMILES string of the molecule is CCc1ccc(-c2nnnn2CC(CC)CC(=O)O)o1.